The molecule has 0 aliphatic carbocycles. The summed E-state index contributed by atoms with van der Waals surface area (Å²) in [4.78, 5) is 11.9. The Kier molecular flexibility index (Phi) is 7.21. The van der Waals surface area contributed by atoms with Crippen molar-refractivity contribution in [2.45, 2.75) is 15.0 Å². The molecule has 1 aromatic rings. The van der Waals surface area contributed by atoms with Crippen molar-refractivity contribution in [1.82, 2.24) is 0 Å². The van der Waals surface area contributed by atoms with Gasteiger partial charge in [-0.2, -0.15) is 0 Å². The molecule has 1 rings (SSSR count). The number of Topliss-reactive ketones (excluding diaryl/α,β-unsaturated/α-hetero) is 1. The van der Waals surface area contributed by atoms with Gasteiger partial charge in [0.1, 0.15) is 0 Å². The van der Waals surface area contributed by atoms with Crippen LogP contribution in [0, 0.1) is 0 Å². The van der Waals surface area contributed by atoms with E-state index in [1.807, 2.05) is 0 Å². The summed E-state index contributed by atoms with van der Waals surface area (Å²) in [5.41, 5.74) is -12.3. The van der Waals surface area contributed by atoms with Crippen molar-refractivity contribution in [3.8, 4) is 0 Å². The number of alkyl halides is 6. The minimum atomic E-state index is -6.45. The molecule has 7 nitrogen and oxygen atoms in total. The molecule has 0 saturated heterocycles. The fourth-order valence-corrected chi connectivity index (χ4v) is 16.4. The molecule has 26 heavy (non-hydrogen) atoms. The maximum atomic E-state index is 12.3. The summed E-state index contributed by atoms with van der Waals surface area (Å²) in [7, 11) is -12.9. The molecule has 0 heterocycles. The van der Waals surface area contributed by atoms with Gasteiger partial charge in [0.15, 0.2) is 0 Å². The fraction of sp³-hybridized carbons (Fsp3) is 0.300. The average Bonchev–Trinajstić information content (AvgIpc) is 2.44. The molecule has 0 fully saturated rings. The molecule has 16 heteroatoms. The van der Waals surface area contributed by atoms with E-state index in [1.54, 1.807) is 0 Å². The molecule has 0 unspecified atom stereocenters. The van der Waals surface area contributed by atoms with Crippen LogP contribution in [0.25, 0.3) is 0 Å². The Bertz CT molecular complexity index is 802. The van der Waals surface area contributed by atoms with Crippen molar-refractivity contribution in [2.75, 3.05) is 0 Å². The molecule has 0 aliphatic heterocycles. The van der Waals surface area contributed by atoms with E-state index in [9.17, 15) is 48.0 Å². The Morgan fingerprint density at radius 1 is 0.846 bits per heavy atom. The Hall–Kier alpha value is -0.788. The number of carbonyl (C=O) groups excluding carboxylic acids is 1. The number of hydrogen-bond donors (Lipinski definition) is 0. The summed E-state index contributed by atoms with van der Waals surface area (Å²) in [5.74, 6) is -1.13. The van der Waals surface area contributed by atoms with Crippen LogP contribution >= 0.6 is 0 Å². The standard InChI is InChI=1S/C8H7O.2CHF3O3S.Tl/c1-7(9)8-5-3-2-4-6-8;2*2-1(3,4)8(5,6)7;/h2-6H,1H2;2*(H,5,6,7);/q;;;+2/p-2. The van der Waals surface area contributed by atoms with Gasteiger partial charge in [0.25, 0.3) is 0 Å². The Balaban J connectivity index is 3.16. The number of ketones is 1. The summed E-state index contributed by atoms with van der Waals surface area (Å²) >= 11 is -5.87. The van der Waals surface area contributed by atoms with Crippen LogP contribution in [0.4, 0.5) is 26.3 Å². The van der Waals surface area contributed by atoms with Crippen LogP contribution in [0.2, 0.25) is 3.98 Å². The average molecular weight is 622 g/mol. The Morgan fingerprint density at radius 3 is 1.58 bits per heavy atom. The molecule has 0 saturated carbocycles. The van der Waals surface area contributed by atoms with Crippen LogP contribution in [-0.4, -0.2) is 57.2 Å². The van der Waals surface area contributed by atoms with Crippen molar-refractivity contribution >= 4 is 49.6 Å². The molecule has 0 spiro atoms. The SMILES string of the molecule is O=C([CH2][Tl]([O]S(=O)(=O)C(F)(F)F)[O]S(=O)(=O)C(F)(F)F)c1ccccc1. The summed E-state index contributed by atoms with van der Waals surface area (Å²) in [5, 5.41) is 0. The van der Waals surface area contributed by atoms with E-state index < -0.39 is 64.6 Å². The third kappa shape index (κ3) is 6.13. The Morgan fingerprint density at radius 2 is 1.23 bits per heavy atom. The van der Waals surface area contributed by atoms with Gasteiger partial charge in [0.05, 0.1) is 0 Å². The van der Waals surface area contributed by atoms with Gasteiger partial charge in [0, 0.05) is 0 Å². The third-order valence-corrected chi connectivity index (χ3v) is 18.2. The van der Waals surface area contributed by atoms with Gasteiger partial charge in [-0.3, -0.25) is 0 Å². The van der Waals surface area contributed by atoms with Gasteiger partial charge in [-0.25, -0.2) is 0 Å². The van der Waals surface area contributed by atoms with E-state index in [0.717, 1.165) is 12.1 Å². The zero-order valence-corrected chi connectivity index (χ0v) is 18.2. The van der Waals surface area contributed by atoms with Crippen LogP contribution < -0.4 is 0 Å². The zero-order valence-electron chi connectivity index (χ0n) is 12.1. The van der Waals surface area contributed by atoms with Gasteiger partial charge in [-0.1, -0.05) is 0 Å². The van der Waals surface area contributed by atoms with Gasteiger partial charge < -0.3 is 0 Å². The van der Waals surface area contributed by atoms with Crippen LogP contribution in [-0.2, 0) is 24.5 Å². The second kappa shape index (κ2) is 8.07. The van der Waals surface area contributed by atoms with Crippen LogP contribution in [0.3, 0.4) is 0 Å². The third-order valence-electron chi connectivity index (χ3n) is 2.48. The van der Waals surface area contributed by atoms with Crippen LogP contribution in [0.1, 0.15) is 10.4 Å². The topological polar surface area (TPSA) is 104 Å². The second-order valence-electron chi connectivity index (χ2n) is 4.42. The van der Waals surface area contributed by atoms with Gasteiger partial charge in [-0.05, 0) is 0 Å². The monoisotopic (exact) mass is 622 g/mol. The first-order chi connectivity index (χ1) is 11.6. The first-order valence-corrected chi connectivity index (χ1v) is 15.8. The van der Waals surface area contributed by atoms with Gasteiger partial charge in [-0.15, -0.1) is 0 Å². The molecular formula is C10H7F6O7S2Tl. The molecule has 0 aliphatic rings. The summed E-state index contributed by atoms with van der Waals surface area (Å²) in [6.07, 6.45) is 0. The quantitative estimate of drug-likeness (QED) is 0.199. The molecule has 0 atom stereocenters. The zero-order chi connectivity index (χ0) is 20.4. The Labute approximate surface area is 152 Å². The van der Waals surface area contributed by atoms with E-state index in [1.165, 1.54) is 18.2 Å². The van der Waals surface area contributed by atoms with Crippen molar-refractivity contribution in [1.29, 1.82) is 0 Å². The first-order valence-electron chi connectivity index (χ1n) is 6.14. The molecular weight excluding hydrogens is 615 g/mol. The first kappa shape index (κ1) is 23.3. The second-order valence-corrected chi connectivity index (χ2v) is 17.0. The molecule has 0 amide bonds. The number of benzene rings is 1. The van der Waals surface area contributed by atoms with E-state index in [4.69, 9.17) is 0 Å². The number of halogens is 6. The summed E-state index contributed by atoms with van der Waals surface area (Å²) in [6, 6.07) is 6.31. The van der Waals surface area contributed by atoms with Crippen molar-refractivity contribution in [3.05, 3.63) is 35.9 Å². The summed E-state index contributed by atoms with van der Waals surface area (Å²) < 4.78 is 124. The normalized spacial score (nSPS) is 13.5. The van der Waals surface area contributed by atoms with E-state index in [-0.39, 0.29) is 5.56 Å². The van der Waals surface area contributed by atoms with Crippen molar-refractivity contribution < 1.29 is 52.2 Å². The minimum absolute atomic E-state index is 0.210. The van der Waals surface area contributed by atoms with E-state index in [0.29, 0.717) is 0 Å². The van der Waals surface area contributed by atoms with E-state index >= 15 is 0 Å². The number of carbonyl (C=O) groups is 1. The predicted molar refractivity (Wildman–Crippen MR) is 73.5 cm³/mol. The van der Waals surface area contributed by atoms with Crippen molar-refractivity contribution in [2.24, 2.45) is 0 Å². The van der Waals surface area contributed by atoms with Gasteiger partial charge in [0.2, 0.25) is 0 Å². The van der Waals surface area contributed by atoms with E-state index in [2.05, 4.69) is 4.27 Å². The molecule has 0 aromatic heterocycles. The maximum absolute atomic E-state index is 12.3. The summed E-state index contributed by atoms with van der Waals surface area (Å²) in [6.45, 7) is 0. The molecule has 0 N–H and O–H groups in total. The number of rotatable bonds is 7. The van der Waals surface area contributed by atoms with Crippen LogP contribution in [0.15, 0.2) is 30.3 Å². The van der Waals surface area contributed by atoms with Gasteiger partial charge >= 0.3 is 153 Å². The number of hydrogen-bond acceptors (Lipinski definition) is 7. The molecule has 1 aromatic carbocycles. The van der Waals surface area contributed by atoms with Crippen molar-refractivity contribution in [3.63, 3.8) is 0 Å². The fourth-order valence-electron chi connectivity index (χ4n) is 1.37. The molecule has 0 bridgehead atoms. The van der Waals surface area contributed by atoms with Crippen LogP contribution in [0.5, 0.6) is 0 Å². The molecule has 146 valence electrons. The predicted octanol–water partition coefficient (Wildman–Crippen LogP) is 2.09. The molecule has 0 radical (unpaired) electrons.